The van der Waals surface area contributed by atoms with Gasteiger partial charge in [-0.2, -0.15) is 0 Å². The molecule has 0 aromatic rings. The van der Waals surface area contributed by atoms with E-state index >= 15 is 0 Å². The van der Waals surface area contributed by atoms with Crippen LogP contribution >= 0.6 is 0 Å². The quantitative estimate of drug-likeness (QED) is 0.0642. The van der Waals surface area contributed by atoms with E-state index in [0.29, 0.717) is 13.1 Å². The van der Waals surface area contributed by atoms with Crippen molar-refractivity contribution < 1.29 is 54.3 Å². The molecule has 0 rings (SSSR count). The Hall–Kier alpha value is -2.36. The van der Waals surface area contributed by atoms with Crippen molar-refractivity contribution in [3.05, 3.63) is 0 Å². The third-order valence-electron chi connectivity index (χ3n) is 4.79. The minimum absolute atomic E-state index is 0.0239. The number of aliphatic carboxylic acids is 4. The predicted octanol–water partition coefficient (Wildman–Crippen LogP) is -3.68. The number of hydrogen-bond donors (Lipinski definition) is 7. The summed E-state index contributed by atoms with van der Waals surface area (Å²) in [7, 11) is 0. The lowest BCUT2D eigenvalue weighted by molar-refractivity contribution is -0.913. The van der Waals surface area contributed by atoms with E-state index in [-0.39, 0.29) is 70.1 Å². The van der Waals surface area contributed by atoms with Gasteiger partial charge in [0.05, 0.1) is 39.4 Å². The SMILES string of the molecule is O=C(O)CNCCN(CCO)CC[N+](CCN(CCO)CC(=O)O)(CC(=O)O)CC(=O)O. The number of carboxylic acids is 4. The first kappa shape index (κ1) is 29.6. The molecule has 0 amide bonds. The lowest BCUT2D eigenvalue weighted by Crippen LogP contribution is -2.59. The molecule has 0 aliphatic heterocycles. The first-order valence-electron chi connectivity index (χ1n) is 10.1. The Labute approximate surface area is 185 Å². The molecule has 0 heterocycles. The van der Waals surface area contributed by atoms with Gasteiger partial charge < -0.3 is 40.4 Å². The standard InChI is InChI=1S/C18H34N4O10/c23-9-5-20(2-1-19-11-15(25)26)3-7-22(13-17(29)30,14-18(31)32)8-4-21(6-10-24)12-16(27)28/h19,23-24H,1-14H2,(H3-,25,26,27,28,29,30,31,32)/p+1. The Morgan fingerprint density at radius 3 is 1.59 bits per heavy atom. The van der Waals surface area contributed by atoms with Gasteiger partial charge in [-0.15, -0.1) is 0 Å². The van der Waals surface area contributed by atoms with Crippen LogP contribution in [-0.2, 0) is 19.2 Å². The highest BCUT2D eigenvalue weighted by molar-refractivity contribution is 5.70. The molecule has 0 aromatic heterocycles. The largest absolute Gasteiger partial charge is 0.480 e. The fourth-order valence-corrected chi connectivity index (χ4v) is 3.28. The van der Waals surface area contributed by atoms with Gasteiger partial charge in [-0.05, 0) is 0 Å². The highest BCUT2D eigenvalue weighted by atomic mass is 16.4. The molecular formula is C18H35N4O10+. The molecule has 14 heteroatoms. The fraction of sp³-hybridized carbons (Fsp3) is 0.778. The molecule has 0 aliphatic carbocycles. The van der Waals surface area contributed by atoms with Crippen molar-refractivity contribution in [2.24, 2.45) is 0 Å². The van der Waals surface area contributed by atoms with Crippen LogP contribution in [0.3, 0.4) is 0 Å². The van der Waals surface area contributed by atoms with Gasteiger partial charge in [-0.3, -0.25) is 19.4 Å². The van der Waals surface area contributed by atoms with E-state index in [9.17, 15) is 34.5 Å². The van der Waals surface area contributed by atoms with Gasteiger partial charge in [0, 0.05) is 39.3 Å². The number of nitrogens with zero attached hydrogens (tertiary/aromatic N) is 3. The minimum Gasteiger partial charge on any atom is -0.480 e. The minimum atomic E-state index is -1.21. The van der Waals surface area contributed by atoms with Crippen molar-refractivity contribution in [3.8, 4) is 0 Å². The molecular weight excluding hydrogens is 432 g/mol. The lowest BCUT2D eigenvalue weighted by Gasteiger charge is -2.38. The van der Waals surface area contributed by atoms with Crippen molar-refractivity contribution >= 4 is 23.9 Å². The van der Waals surface area contributed by atoms with Crippen LogP contribution in [0.4, 0.5) is 0 Å². The normalized spacial score (nSPS) is 11.8. The van der Waals surface area contributed by atoms with E-state index in [2.05, 4.69) is 5.32 Å². The second-order valence-electron chi connectivity index (χ2n) is 7.42. The molecule has 0 aromatic carbocycles. The van der Waals surface area contributed by atoms with Crippen molar-refractivity contribution in [2.45, 2.75) is 0 Å². The second-order valence-corrected chi connectivity index (χ2v) is 7.42. The molecule has 0 aliphatic rings. The van der Waals surface area contributed by atoms with Gasteiger partial charge in [0.1, 0.15) is 0 Å². The van der Waals surface area contributed by atoms with Crippen LogP contribution in [-0.4, -0.2) is 161 Å². The molecule has 0 saturated carbocycles. The molecule has 0 bridgehead atoms. The van der Waals surface area contributed by atoms with E-state index in [1.807, 2.05) is 0 Å². The monoisotopic (exact) mass is 467 g/mol. The molecule has 32 heavy (non-hydrogen) atoms. The summed E-state index contributed by atoms with van der Waals surface area (Å²) in [5.74, 6) is -4.58. The molecule has 0 fully saturated rings. The van der Waals surface area contributed by atoms with E-state index in [1.54, 1.807) is 4.90 Å². The number of aliphatic hydroxyl groups excluding tert-OH is 2. The van der Waals surface area contributed by atoms with Gasteiger partial charge in [-0.1, -0.05) is 0 Å². The Balaban J connectivity index is 5.35. The van der Waals surface area contributed by atoms with Crippen LogP contribution in [0.2, 0.25) is 0 Å². The van der Waals surface area contributed by atoms with E-state index in [4.69, 9.17) is 15.3 Å². The highest BCUT2D eigenvalue weighted by Gasteiger charge is 2.34. The molecule has 0 unspecified atom stereocenters. The van der Waals surface area contributed by atoms with E-state index in [1.165, 1.54) is 4.90 Å². The first-order chi connectivity index (χ1) is 15.0. The summed E-state index contributed by atoms with van der Waals surface area (Å²) in [5.41, 5.74) is 0. The van der Waals surface area contributed by atoms with Crippen LogP contribution in [0.5, 0.6) is 0 Å². The Bertz CT molecular complexity index is 588. The molecule has 0 atom stereocenters. The summed E-state index contributed by atoms with van der Waals surface area (Å²) < 4.78 is -0.364. The molecule has 0 saturated heterocycles. The topological polar surface area (TPSA) is 208 Å². The predicted molar refractivity (Wildman–Crippen MR) is 110 cm³/mol. The van der Waals surface area contributed by atoms with Gasteiger partial charge in [-0.25, -0.2) is 9.59 Å². The van der Waals surface area contributed by atoms with Gasteiger partial charge in [0.15, 0.2) is 13.1 Å². The van der Waals surface area contributed by atoms with Crippen molar-refractivity contribution in [2.75, 3.05) is 91.8 Å². The summed E-state index contributed by atoms with van der Waals surface area (Å²) in [5, 5.41) is 57.6. The van der Waals surface area contributed by atoms with Crippen LogP contribution in [0.1, 0.15) is 0 Å². The zero-order chi connectivity index (χ0) is 24.6. The summed E-state index contributed by atoms with van der Waals surface area (Å²) >= 11 is 0. The third kappa shape index (κ3) is 14.6. The maximum atomic E-state index is 11.5. The average Bonchev–Trinajstić information content (AvgIpc) is 2.66. The summed E-state index contributed by atoms with van der Waals surface area (Å²) in [6.45, 7) is -0.803. The zero-order valence-electron chi connectivity index (χ0n) is 18.1. The van der Waals surface area contributed by atoms with Crippen molar-refractivity contribution in [1.29, 1.82) is 0 Å². The number of carbonyl (C=O) groups is 4. The number of quaternary nitrogens is 1. The molecule has 7 N–H and O–H groups in total. The number of carboxylic acid groups (broad SMARTS) is 4. The highest BCUT2D eigenvalue weighted by Crippen LogP contribution is 2.09. The summed E-state index contributed by atoms with van der Waals surface area (Å²) in [6.07, 6.45) is 0. The van der Waals surface area contributed by atoms with Crippen LogP contribution in [0.15, 0.2) is 0 Å². The van der Waals surface area contributed by atoms with Crippen molar-refractivity contribution in [1.82, 2.24) is 15.1 Å². The average molecular weight is 467 g/mol. The Morgan fingerprint density at radius 2 is 1.16 bits per heavy atom. The number of nitrogens with one attached hydrogen (secondary N) is 1. The Kier molecular flexibility index (Phi) is 15.1. The Morgan fingerprint density at radius 1 is 0.656 bits per heavy atom. The van der Waals surface area contributed by atoms with Gasteiger partial charge in [0.2, 0.25) is 0 Å². The number of aliphatic hydroxyl groups is 2. The smallest absolute Gasteiger partial charge is 0.359 e. The second kappa shape index (κ2) is 16.3. The first-order valence-corrected chi connectivity index (χ1v) is 10.1. The van der Waals surface area contributed by atoms with Gasteiger partial charge in [0.25, 0.3) is 0 Å². The zero-order valence-corrected chi connectivity index (χ0v) is 18.1. The van der Waals surface area contributed by atoms with Gasteiger partial charge >= 0.3 is 23.9 Å². The molecule has 0 radical (unpaired) electrons. The van der Waals surface area contributed by atoms with E-state index in [0.717, 1.165) is 0 Å². The molecule has 14 nitrogen and oxygen atoms in total. The summed E-state index contributed by atoms with van der Waals surface area (Å²) in [6, 6.07) is 0. The maximum absolute atomic E-state index is 11.5. The maximum Gasteiger partial charge on any atom is 0.359 e. The number of rotatable bonds is 21. The molecule has 186 valence electrons. The van der Waals surface area contributed by atoms with Crippen LogP contribution in [0.25, 0.3) is 0 Å². The van der Waals surface area contributed by atoms with Crippen LogP contribution in [0, 0.1) is 0 Å². The molecule has 0 spiro atoms. The van der Waals surface area contributed by atoms with Crippen LogP contribution < -0.4 is 5.32 Å². The lowest BCUT2D eigenvalue weighted by atomic mass is 10.2. The summed E-state index contributed by atoms with van der Waals surface area (Å²) in [4.78, 5) is 47.8. The third-order valence-corrected chi connectivity index (χ3v) is 4.79. The fourth-order valence-electron chi connectivity index (χ4n) is 3.28. The van der Waals surface area contributed by atoms with E-state index < -0.39 is 37.0 Å². The number of hydrogen-bond acceptors (Lipinski definition) is 9. The van der Waals surface area contributed by atoms with Crippen molar-refractivity contribution in [3.63, 3.8) is 0 Å².